The number of alkyl halides is 3. The lowest BCUT2D eigenvalue weighted by Crippen LogP contribution is -2.56. The number of hydrazone groups is 1. The van der Waals surface area contributed by atoms with Crippen LogP contribution in [0.4, 0.5) is 13.2 Å². The summed E-state index contributed by atoms with van der Waals surface area (Å²) >= 11 is 0. The molecule has 0 saturated heterocycles. The Labute approximate surface area is 158 Å². The molecular weight excluding hydrogens is 377 g/mol. The van der Waals surface area contributed by atoms with Gasteiger partial charge in [0.1, 0.15) is 11.5 Å². The predicted octanol–water partition coefficient (Wildman–Crippen LogP) is 3.21. The number of halogens is 3. The SMILES string of the molecule is COc1ccc(C2=NN(C(=O)c3cccc(C)c3O)C(O)(C(F)(F)F)C2)cc1. The number of rotatable bonds is 3. The Morgan fingerprint density at radius 1 is 1.21 bits per heavy atom. The number of aromatic hydroxyl groups is 1. The van der Waals surface area contributed by atoms with Crippen molar-refractivity contribution in [1.82, 2.24) is 5.01 Å². The number of aryl methyl sites for hydroxylation is 1. The van der Waals surface area contributed by atoms with Gasteiger partial charge in [0, 0.05) is 0 Å². The number of phenols is 1. The molecule has 1 heterocycles. The van der Waals surface area contributed by atoms with Crippen molar-refractivity contribution < 1.29 is 32.9 Å². The minimum atomic E-state index is -5.17. The van der Waals surface area contributed by atoms with E-state index in [0.29, 0.717) is 16.9 Å². The highest BCUT2D eigenvalue weighted by molar-refractivity contribution is 6.06. The number of benzene rings is 2. The van der Waals surface area contributed by atoms with E-state index >= 15 is 0 Å². The summed E-state index contributed by atoms with van der Waals surface area (Å²) < 4.78 is 46.0. The van der Waals surface area contributed by atoms with Crippen molar-refractivity contribution in [3.63, 3.8) is 0 Å². The molecular formula is C19H17F3N2O4. The molecule has 0 spiro atoms. The van der Waals surface area contributed by atoms with Crippen molar-refractivity contribution in [3.05, 3.63) is 59.2 Å². The van der Waals surface area contributed by atoms with Gasteiger partial charge in [0.15, 0.2) is 0 Å². The molecule has 0 aliphatic carbocycles. The fourth-order valence-electron chi connectivity index (χ4n) is 2.87. The number of hydrogen-bond acceptors (Lipinski definition) is 5. The van der Waals surface area contributed by atoms with Crippen LogP contribution in [-0.4, -0.2) is 45.9 Å². The van der Waals surface area contributed by atoms with Gasteiger partial charge in [-0.25, -0.2) is 0 Å². The molecule has 148 valence electrons. The van der Waals surface area contributed by atoms with Crippen molar-refractivity contribution in [1.29, 1.82) is 0 Å². The Hall–Kier alpha value is -3.07. The van der Waals surface area contributed by atoms with Gasteiger partial charge in [-0.05, 0) is 48.4 Å². The second kappa shape index (κ2) is 6.83. The Kier molecular flexibility index (Phi) is 4.80. The zero-order valence-corrected chi connectivity index (χ0v) is 15.0. The maximum atomic E-state index is 13.7. The Morgan fingerprint density at radius 3 is 2.43 bits per heavy atom. The summed E-state index contributed by atoms with van der Waals surface area (Å²) in [7, 11) is 1.44. The van der Waals surface area contributed by atoms with Gasteiger partial charge in [-0.3, -0.25) is 4.79 Å². The molecule has 9 heteroatoms. The lowest BCUT2D eigenvalue weighted by atomic mass is 10.00. The molecule has 3 rings (SSSR count). The number of amides is 1. The third kappa shape index (κ3) is 3.18. The van der Waals surface area contributed by atoms with Gasteiger partial charge in [0.25, 0.3) is 11.6 Å². The summed E-state index contributed by atoms with van der Waals surface area (Å²) in [6.45, 7) is 1.50. The van der Waals surface area contributed by atoms with Crippen LogP contribution in [0.1, 0.15) is 27.9 Å². The molecule has 0 fully saturated rings. The highest BCUT2D eigenvalue weighted by atomic mass is 19.4. The summed E-state index contributed by atoms with van der Waals surface area (Å²) in [5, 5.41) is 24.2. The number of ether oxygens (including phenoxy) is 1. The Balaban J connectivity index is 2.07. The lowest BCUT2D eigenvalue weighted by molar-refractivity contribution is -0.297. The molecule has 1 aliphatic heterocycles. The predicted molar refractivity (Wildman–Crippen MR) is 94.2 cm³/mol. The van der Waals surface area contributed by atoms with E-state index in [1.165, 1.54) is 56.5 Å². The Morgan fingerprint density at radius 2 is 1.86 bits per heavy atom. The van der Waals surface area contributed by atoms with Crippen LogP contribution in [0.3, 0.4) is 0 Å². The first-order valence-electron chi connectivity index (χ1n) is 8.22. The standard InChI is InChI=1S/C19H17F3N2O4/c1-11-4-3-5-14(16(11)25)17(26)24-18(27,19(20,21)22)10-15(23-24)12-6-8-13(28-2)9-7-12/h3-9,25,27H,10H2,1-2H3. The number of aliphatic hydroxyl groups is 1. The van der Waals surface area contributed by atoms with E-state index in [9.17, 15) is 28.2 Å². The molecule has 2 N–H and O–H groups in total. The van der Waals surface area contributed by atoms with E-state index in [1.807, 2.05) is 0 Å². The van der Waals surface area contributed by atoms with Gasteiger partial charge in [0.05, 0.1) is 24.8 Å². The molecule has 1 amide bonds. The molecule has 1 unspecified atom stereocenters. The van der Waals surface area contributed by atoms with Crippen molar-refractivity contribution >= 4 is 11.6 Å². The van der Waals surface area contributed by atoms with Crippen molar-refractivity contribution in [2.24, 2.45) is 5.10 Å². The van der Waals surface area contributed by atoms with E-state index in [0.717, 1.165) is 0 Å². The second-order valence-corrected chi connectivity index (χ2v) is 6.35. The molecule has 0 aromatic heterocycles. The molecule has 1 atom stereocenters. The van der Waals surface area contributed by atoms with Gasteiger partial charge in [0.2, 0.25) is 0 Å². The summed E-state index contributed by atoms with van der Waals surface area (Å²) in [5.74, 6) is -1.24. The molecule has 1 aliphatic rings. The van der Waals surface area contributed by atoms with Crippen LogP contribution < -0.4 is 4.74 Å². The van der Waals surface area contributed by atoms with E-state index in [-0.39, 0.29) is 16.3 Å². The zero-order valence-electron chi connectivity index (χ0n) is 15.0. The fraction of sp³-hybridized carbons (Fsp3) is 0.263. The first kappa shape index (κ1) is 19.7. The summed E-state index contributed by atoms with van der Waals surface area (Å²) in [4.78, 5) is 12.7. The average Bonchev–Trinajstić information content (AvgIpc) is 3.02. The van der Waals surface area contributed by atoms with Crippen LogP contribution in [-0.2, 0) is 0 Å². The number of phenolic OH excluding ortho intramolecular Hbond substituents is 1. The van der Waals surface area contributed by atoms with Gasteiger partial charge in [-0.15, -0.1) is 0 Å². The zero-order chi connectivity index (χ0) is 20.7. The van der Waals surface area contributed by atoms with Crippen LogP contribution in [0, 0.1) is 6.92 Å². The third-order valence-electron chi connectivity index (χ3n) is 4.52. The molecule has 2 aromatic carbocycles. The van der Waals surface area contributed by atoms with Gasteiger partial charge < -0.3 is 14.9 Å². The van der Waals surface area contributed by atoms with Crippen LogP contribution in [0.2, 0.25) is 0 Å². The second-order valence-electron chi connectivity index (χ2n) is 6.35. The monoisotopic (exact) mass is 394 g/mol. The summed E-state index contributed by atoms with van der Waals surface area (Å²) in [5.41, 5.74) is -3.44. The topological polar surface area (TPSA) is 82.4 Å². The van der Waals surface area contributed by atoms with Gasteiger partial charge in [-0.2, -0.15) is 23.3 Å². The summed E-state index contributed by atoms with van der Waals surface area (Å²) in [6.07, 6.45) is -6.11. The molecule has 0 bridgehead atoms. The van der Waals surface area contributed by atoms with Crippen molar-refractivity contribution in [3.8, 4) is 11.5 Å². The smallest absolute Gasteiger partial charge is 0.438 e. The van der Waals surface area contributed by atoms with Gasteiger partial charge in [-0.1, -0.05) is 12.1 Å². The maximum Gasteiger partial charge on any atom is 0.438 e. The molecule has 0 saturated carbocycles. The number of hydrogen-bond donors (Lipinski definition) is 2. The highest BCUT2D eigenvalue weighted by Crippen LogP contribution is 2.42. The largest absolute Gasteiger partial charge is 0.507 e. The first-order chi connectivity index (χ1) is 13.1. The quantitative estimate of drug-likeness (QED) is 0.838. The molecule has 2 aromatic rings. The number of carbonyl (C=O) groups is 1. The van der Waals surface area contributed by atoms with Crippen molar-refractivity contribution in [2.75, 3.05) is 7.11 Å². The van der Waals surface area contributed by atoms with Crippen LogP contribution in [0.25, 0.3) is 0 Å². The number of para-hydroxylation sites is 1. The van der Waals surface area contributed by atoms with E-state index in [2.05, 4.69) is 5.10 Å². The van der Waals surface area contributed by atoms with Crippen LogP contribution in [0.15, 0.2) is 47.6 Å². The molecule has 0 radical (unpaired) electrons. The summed E-state index contributed by atoms with van der Waals surface area (Å²) in [6, 6.07) is 10.1. The van der Waals surface area contributed by atoms with Crippen LogP contribution in [0.5, 0.6) is 11.5 Å². The van der Waals surface area contributed by atoms with E-state index in [4.69, 9.17) is 4.74 Å². The number of methoxy groups -OCH3 is 1. The number of nitrogens with zero attached hydrogens (tertiary/aromatic N) is 2. The lowest BCUT2D eigenvalue weighted by Gasteiger charge is -2.32. The van der Waals surface area contributed by atoms with E-state index in [1.54, 1.807) is 0 Å². The Bertz CT molecular complexity index is 941. The minimum absolute atomic E-state index is 0.0128. The fourth-order valence-corrected chi connectivity index (χ4v) is 2.87. The van der Waals surface area contributed by atoms with E-state index < -0.39 is 30.0 Å². The average molecular weight is 394 g/mol. The number of carbonyl (C=O) groups excluding carboxylic acids is 1. The van der Waals surface area contributed by atoms with Crippen molar-refractivity contribution in [2.45, 2.75) is 25.2 Å². The van der Waals surface area contributed by atoms with Gasteiger partial charge >= 0.3 is 6.18 Å². The van der Waals surface area contributed by atoms with Crippen LogP contribution >= 0.6 is 0 Å². The maximum absolute atomic E-state index is 13.7. The minimum Gasteiger partial charge on any atom is -0.507 e. The highest BCUT2D eigenvalue weighted by Gasteiger charge is 2.63. The first-order valence-corrected chi connectivity index (χ1v) is 8.22. The molecule has 28 heavy (non-hydrogen) atoms. The third-order valence-corrected chi connectivity index (χ3v) is 4.52. The normalized spacial score (nSPS) is 19.5. The molecule has 6 nitrogen and oxygen atoms in total.